The van der Waals surface area contributed by atoms with Crippen molar-refractivity contribution in [2.24, 2.45) is 5.73 Å². The van der Waals surface area contributed by atoms with Crippen LogP contribution in [0.5, 0.6) is 0 Å². The Bertz CT molecular complexity index is 212. The van der Waals surface area contributed by atoms with E-state index in [1.165, 1.54) is 0 Å². The van der Waals surface area contributed by atoms with E-state index in [9.17, 15) is 4.79 Å². The number of unbranched alkanes of at least 4 members (excludes halogenated alkanes) is 1. The minimum atomic E-state index is 0.281. The third kappa shape index (κ3) is 4.10. The molecule has 1 saturated heterocycles. The van der Waals surface area contributed by atoms with Crippen LogP contribution in [0.4, 0.5) is 0 Å². The molecule has 94 valence electrons. The van der Waals surface area contributed by atoms with Crippen molar-refractivity contribution in [1.82, 2.24) is 9.80 Å². The fourth-order valence-electron chi connectivity index (χ4n) is 2.18. The second-order valence-corrected chi connectivity index (χ2v) is 4.78. The predicted molar refractivity (Wildman–Crippen MR) is 66.2 cm³/mol. The van der Waals surface area contributed by atoms with Crippen molar-refractivity contribution in [2.75, 3.05) is 33.7 Å². The van der Waals surface area contributed by atoms with Gasteiger partial charge in [0, 0.05) is 19.5 Å². The standard InChI is InChI=1S/C12H25N3O/c1-14-9-6-11(7-10-14)15(2)12(16)5-3-4-8-13/h11H,3-10,13H2,1-2H3. The summed E-state index contributed by atoms with van der Waals surface area (Å²) in [6.07, 6.45) is 4.74. The Hall–Kier alpha value is -0.610. The largest absolute Gasteiger partial charge is 0.343 e. The summed E-state index contributed by atoms with van der Waals surface area (Å²) in [5.74, 6) is 0.281. The second-order valence-electron chi connectivity index (χ2n) is 4.78. The highest BCUT2D eigenvalue weighted by molar-refractivity contribution is 5.76. The zero-order valence-electron chi connectivity index (χ0n) is 10.6. The fraction of sp³-hybridized carbons (Fsp3) is 0.917. The first-order valence-electron chi connectivity index (χ1n) is 6.29. The third-order valence-corrected chi connectivity index (χ3v) is 3.47. The second kappa shape index (κ2) is 6.86. The fourth-order valence-corrected chi connectivity index (χ4v) is 2.18. The van der Waals surface area contributed by atoms with Crippen LogP contribution in [0.25, 0.3) is 0 Å². The van der Waals surface area contributed by atoms with Crippen molar-refractivity contribution in [3.8, 4) is 0 Å². The number of nitrogens with zero attached hydrogens (tertiary/aromatic N) is 2. The van der Waals surface area contributed by atoms with Gasteiger partial charge >= 0.3 is 0 Å². The molecule has 0 atom stereocenters. The molecule has 2 N–H and O–H groups in total. The van der Waals surface area contributed by atoms with Gasteiger partial charge < -0.3 is 15.5 Å². The molecule has 0 radical (unpaired) electrons. The van der Waals surface area contributed by atoms with E-state index in [-0.39, 0.29) is 5.91 Å². The summed E-state index contributed by atoms with van der Waals surface area (Å²) in [6, 6.07) is 0.446. The summed E-state index contributed by atoms with van der Waals surface area (Å²) in [4.78, 5) is 16.1. The lowest BCUT2D eigenvalue weighted by Crippen LogP contribution is -2.44. The van der Waals surface area contributed by atoms with Crippen LogP contribution in [-0.2, 0) is 4.79 Å². The smallest absolute Gasteiger partial charge is 0.222 e. The molecule has 0 spiro atoms. The first-order valence-corrected chi connectivity index (χ1v) is 6.29. The van der Waals surface area contributed by atoms with Crippen molar-refractivity contribution in [2.45, 2.75) is 38.1 Å². The number of nitrogens with two attached hydrogens (primary N) is 1. The number of piperidine rings is 1. The van der Waals surface area contributed by atoms with E-state index < -0.39 is 0 Å². The molecule has 0 aromatic heterocycles. The zero-order valence-corrected chi connectivity index (χ0v) is 10.6. The molecular formula is C12H25N3O. The van der Waals surface area contributed by atoms with Crippen LogP contribution in [0.2, 0.25) is 0 Å². The average Bonchev–Trinajstić information content (AvgIpc) is 2.29. The molecule has 0 aromatic rings. The van der Waals surface area contributed by atoms with Gasteiger partial charge in [0.1, 0.15) is 0 Å². The molecule has 1 rings (SSSR count). The zero-order chi connectivity index (χ0) is 12.0. The molecule has 0 bridgehead atoms. The highest BCUT2D eigenvalue weighted by Gasteiger charge is 2.23. The molecule has 16 heavy (non-hydrogen) atoms. The molecule has 4 nitrogen and oxygen atoms in total. The quantitative estimate of drug-likeness (QED) is 0.702. The summed E-state index contributed by atoms with van der Waals surface area (Å²) in [6.45, 7) is 2.89. The van der Waals surface area contributed by atoms with Gasteiger partial charge in [-0.3, -0.25) is 4.79 Å². The van der Waals surface area contributed by atoms with E-state index in [0.717, 1.165) is 38.8 Å². The van der Waals surface area contributed by atoms with Crippen LogP contribution >= 0.6 is 0 Å². The van der Waals surface area contributed by atoms with Gasteiger partial charge in [-0.15, -0.1) is 0 Å². The lowest BCUT2D eigenvalue weighted by atomic mass is 10.0. The van der Waals surface area contributed by atoms with Gasteiger partial charge in [0.2, 0.25) is 5.91 Å². The van der Waals surface area contributed by atoms with Crippen LogP contribution in [0, 0.1) is 0 Å². The third-order valence-electron chi connectivity index (χ3n) is 3.47. The van der Waals surface area contributed by atoms with E-state index in [4.69, 9.17) is 5.73 Å². The topological polar surface area (TPSA) is 49.6 Å². The number of rotatable bonds is 5. The molecule has 1 fully saturated rings. The molecule has 0 saturated carbocycles. The van der Waals surface area contributed by atoms with E-state index in [1.54, 1.807) is 0 Å². The number of hydrogen-bond acceptors (Lipinski definition) is 3. The Kier molecular flexibility index (Phi) is 5.77. The molecule has 1 aliphatic heterocycles. The first kappa shape index (κ1) is 13.5. The first-order chi connectivity index (χ1) is 7.65. The van der Waals surface area contributed by atoms with Crippen molar-refractivity contribution < 1.29 is 4.79 Å². The maximum atomic E-state index is 11.9. The van der Waals surface area contributed by atoms with Crippen molar-refractivity contribution in [3.05, 3.63) is 0 Å². The van der Waals surface area contributed by atoms with E-state index in [2.05, 4.69) is 11.9 Å². The average molecular weight is 227 g/mol. The molecule has 4 heteroatoms. The van der Waals surface area contributed by atoms with E-state index in [1.807, 2.05) is 11.9 Å². The highest BCUT2D eigenvalue weighted by atomic mass is 16.2. The van der Waals surface area contributed by atoms with Crippen molar-refractivity contribution >= 4 is 5.91 Å². The minimum Gasteiger partial charge on any atom is -0.343 e. The lowest BCUT2D eigenvalue weighted by molar-refractivity contribution is -0.132. The summed E-state index contributed by atoms with van der Waals surface area (Å²) in [7, 11) is 4.08. The van der Waals surface area contributed by atoms with Crippen molar-refractivity contribution in [3.63, 3.8) is 0 Å². The van der Waals surface area contributed by atoms with Crippen LogP contribution in [0.1, 0.15) is 32.1 Å². The molecule has 0 unspecified atom stereocenters. The maximum Gasteiger partial charge on any atom is 0.222 e. The predicted octanol–water partition coefficient (Wildman–Crippen LogP) is 0.668. The number of carbonyl (C=O) groups is 1. The van der Waals surface area contributed by atoms with Gasteiger partial charge in [-0.25, -0.2) is 0 Å². The van der Waals surface area contributed by atoms with Crippen LogP contribution in [0.3, 0.4) is 0 Å². The maximum absolute atomic E-state index is 11.9. The summed E-state index contributed by atoms with van der Waals surface area (Å²) in [5.41, 5.74) is 5.42. The summed E-state index contributed by atoms with van der Waals surface area (Å²) < 4.78 is 0. The summed E-state index contributed by atoms with van der Waals surface area (Å²) in [5, 5.41) is 0. The van der Waals surface area contributed by atoms with Gasteiger partial charge in [-0.2, -0.15) is 0 Å². The molecule has 1 aliphatic rings. The highest BCUT2D eigenvalue weighted by Crippen LogP contribution is 2.15. The SMILES string of the molecule is CN1CCC(N(C)C(=O)CCCCN)CC1. The Morgan fingerprint density at radius 3 is 2.56 bits per heavy atom. The van der Waals surface area contributed by atoms with Gasteiger partial charge in [0.15, 0.2) is 0 Å². The van der Waals surface area contributed by atoms with E-state index in [0.29, 0.717) is 19.0 Å². The minimum absolute atomic E-state index is 0.281. The normalized spacial score (nSPS) is 18.7. The van der Waals surface area contributed by atoms with Crippen LogP contribution < -0.4 is 5.73 Å². The van der Waals surface area contributed by atoms with Gasteiger partial charge in [0.25, 0.3) is 0 Å². The Morgan fingerprint density at radius 2 is 2.00 bits per heavy atom. The number of likely N-dealkylation sites (tertiary alicyclic amines) is 1. The molecule has 1 heterocycles. The van der Waals surface area contributed by atoms with Gasteiger partial charge in [-0.05, 0) is 52.4 Å². The molecule has 0 aliphatic carbocycles. The van der Waals surface area contributed by atoms with Crippen molar-refractivity contribution in [1.29, 1.82) is 0 Å². The molecule has 1 amide bonds. The lowest BCUT2D eigenvalue weighted by Gasteiger charge is -2.35. The van der Waals surface area contributed by atoms with E-state index >= 15 is 0 Å². The van der Waals surface area contributed by atoms with Crippen LogP contribution in [0.15, 0.2) is 0 Å². The number of hydrogen-bond donors (Lipinski definition) is 1. The number of carbonyl (C=O) groups excluding carboxylic acids is 1. The molecule has 0 aromatic carbocycles. The number of amides is 1. The Balaban J connectivity index is 2.27. The van der Waals surface area contributed by atoms with Gasteiger partial charge in [0.05, 0.1) is 0 Å². The van der Waals surface area contributed by atoms with Gasteiger partial charge in [-0.1, -0.05) is 0 Å². The van der Waals surface area contributed by atoms with Crippen LogP contribution in [-0.4, -0.2) is 55.5 Å². The Labute approximate surface area is 98.8 Å². The monoisotopic (exact) mass is 227 g/mol. The Morgan fingerprint density at radius 1 is 1.38 bits per heavy atom. The molecular weight excluding hydrogens is 202 g/mol. The summed E-state index contributed by atoms with van der Waals surface area (Å²) >= 11 is 0.